The molecule has 1 aliphatic heterocycles. The van der Waals surface area contributed by atoms with Crippen molar-refractivity contribution in [3.8, 4) is 5.75 Å². The number of hydrogen-bond acceptors (Lipinski definition) is 4. The fourth-order valence-electron chi connectivity index (χ4n) is 3.59. The van der Waals surface area contributed by atoms with Crippen molar-refractivity contribution in [3.63, 3.8) is 0 Å². The molecule has 0 aromatic heterocycles. The average Bonchev–Trinajstić information content (AvgIpc) is 2.70. The number of para-hydroxylation sites is 1. The molecule has 2 amide bonds. The number of likely N-dealkylation sites (tertiary alicyclic amines) is 1. The summed E-state index contributed by atoms with van der Waals surface area (Å²) in [6.07, 6.45) is 2.52. The van der Waals surface area contributed by atoms with Gasteiger partial charge in [-0.25, -0.2) is 0 Å². The Morgan fingerprint density at radius 3 is 2.71 bits per heavy atom. The maximum Gasteiger partial charge on any atom is 0.308 e. The lowest BCUT2D eigenvalue weighted by atomic mass is 9.83. The molecule has 2 rings (SSSR count). The highest BCUT2D eigenvalue weighted by Gasteiger charge is 2.41. The summed E-state index contributed by atoms with van der Waals surface area (Å²) in [6, 6.07) is 7.02. The molecular weight excluding hydrogens is 360 g/mol. The Balaban J connectivity index is 2.34. The third-order valence-corrected chi connectivity index (χ3v) is 5.26. The Morgan fingerprint density at radius 2 is 2.07 bits per heavy atom. The SMILES string of the molecule is CCCCN1C(=O)CCC(C(=O)NCC(C)C(=O)O)C1c1ccccc1OC. The van der Waals surface area contributed by atoms with Crippen molar-refractivity contribution in [3.05, 3.63) is 29.8 Å². The van der Waals surface area contributed by atoms with Gasteiger partial charge in [0.05, 0.1) is 25.0 Å². The van der Waals surface area contributed by atoms with Crippen LogP contribution in [0.5, 0.6) is 5.75 Å². The zero-order chi connectivity index (χ0) is 20.7. The van der Waals surface area contributed by atoms with E-state index in [1.54, 1.807) is 18.9 Å². The van der Waals surface area contributed by atoms with Gasteiger partial charge < -0.3 is 20.1 Å². The molecule has 1 aromatic carbocycles. The van der Waals surface area contributed by atoms with Crippen molar-refractivity contribution in [2.24, 2.45) is 11.8 Å². The first-order valence-electron chi connectivity index (χ1n) is 9.83. The summed E-state index contributed by atoms with van der Waals surface area (Å²) in [4.78, 5) is 38.5. The van der Waals surface area contributed by atoms with Gasteiger partial charge in [-0.3, -0.25) is 14.4 Å². The number of carboxylic acids is 1. The van der Waals surface area contributed by atoms with Crippen molar-refractivity contribution in [1.29, 1.82) is 0 Å². The monoisotopic (exact) mass is 390 g/mol. The van der Waals surface area contributed by atoms with Gasteiger partial charge in [0.15, 0.2) is 0 Å². The quantitative estimate of drug-likeness (QED) is 0.676. The van der Waals surface area contributed by atoms with Gasteiger partial charge in [0, 0.05) is 25.1 Å². The first-order valence-corrected chi connectivity index (χ1v) is 9.83. The Hall–Kier alpha value is -2.57. The minimum atomic E-state index is -0.954. The Labute approximate surface area is 166 Å². The second-order valence-electron chi connectivity index (χ2n) is 7.26. The molecule has 0 radical (unpaired) electrons. The molecule has 2 N–H and O–H groups in total. The number of carbonyl (C=O) groups is 3. The van der Waals surface area contributed by atoms with Gasteiger partial charge in [0.25, 0.3) is 0 Å². The van der Waals surface area contributed by atoms with Crippen LogP contribution in [0, 0.1) is 11.8 Å². The van der Waals surface area contributed by atoms with Crippen LogP contribution in [-0.4, -0.2) is 48.0 Å². The van der Waals surface area contributed by atoms with Crippen LogP contribution in [-0.2, 0) is 14.4 Å². The van der Waals surface area contributed by atoms with E-state index in [9.17, 15) is 14.4 Å². The molecule has 3 unspecified atom stereocenters. The second kappa shape index (κ2) is 10.1. The molecule has 3 atom stereocenters. The zero-order valence-corrected chi connectivity index (χ0v) is 16.8. The second-order valence-corrected chi connectivity index (χ2v) is 7.26. The molecule has 7 nitrogen and oxygen atoms in total. The summed E-state index contributed by atoms with van der Waals surface area (Å²) >= 11 is 0. The van der Waals surface area contributed by atoms with Crippen LogP contribution in [0.25, 0.3) is 0 Å². The summed E-state index contributed by atoms with van der Waals surface area (Å²) in [5.41, 5.74) is 0.806. The Bertz CT molecular complexity index is 706. The lowest BCUT2D eigenvalue weighted by Crippen LogP contribution is -2.49. The molecule has 28 heavy (non-hydrogen) atoms. The Kier molecular flexibility index (Phi) is 7.84. The number of amides is 2. The van der Waals surface area contributed by atoms with Crippen LogP contribution in [0.1, 0.15) is 51.1 Å². The van der Waals surface area contributed by atoms with Crippen LogP contribution in [0.2, 0.25) is 0 Å². The number of carboxylic acid groups (broad SMARTS) is 1. The number of rotatable bonds is 9. The van der Waals surface area contributed by atoms with Crippen LogP contribution in [0.3, 0.4) is 0 Å². The van der Waals surface area contributed by atoms with Crippen LogP contribution >= 0.6 is 0 Å². The van der Waals surface area contributed by atoms with Gasteiger partial charge in [-0.2, -0.15) is 0 Å². The standard InChI is InChI=1S/C21H30N2O5/c1-4-5-12-23-18(24)11-10-16(20(25)22-13-14(2)21(26)27)19(23)15-8-6-7-9-17(15)28-3/h6-9,14,16,19H,4-5,10-13H2,1-3H3,(H,22,25)(H,26,27). The molecule has 0 bridgehead atoms. The van der Waals surface area contributed by atoms with Crippen molar-refractivity contribution in [2.45, 2.75) is 45.6 Å². The van der Waals surface area contributed by atoms with E-state index in [1.807, 2.05) is 24.3 Å². The summed E-state index contributed by atoms with van der Waals surface area (Å²) in [7, 11) is 1.57. The number of nitrogens with zero attached hydrogens (tertiary/aromatic N) is 1. The third-order valence-electron chi connectivity index (χ3n) is 5.26. The van der Waals surface area contributed by atoms with Crippen LogP contribution < -0.4 is 10.1 Å². The molecule has 0 spiro atoms. The Morgan fingerprint density at radius 1 is 1.36 bits per heavy atom. The van der Waals surface area contributed by atoms with Gasteiger partial charge in [-0.15, -0.1) is 0 Å². The maximum atomic E-state index is 13.0. The van der Waals surface area contributed by atoms with E-state index in [2.05, 4.69) is 12.2 Å². The van der Waals surface area contributed by atoms with Crippen LogP contribution in [0.15, 0.2) is 24.3 Å². The van der Waals surface area contributed by atoms with E-state index < -0.39 is 23.8 Å². The van der Waals surface area contributed by atoms with E-state index >= 15 is 0 Å². The number of ether oxygens (including phenoxy) is 1. The highest BCUT2D eigenvalue weighted by atomic mass is 16.5. The number of hydrogen-bond donors (Lipinski definition) is 2. The van der Waals surface area contributed by atoms with Crippen molar-refractivity contribution < 1.29 is 24.2 Å². The van der Waals surface area contributed by atoms with Gasteiger partial charge in [-0.05, 0) is 18.9 Å². The molecule has 1 heterocycles. The van der Waals surface area contributed by atoms with E-state index in [4.69, 9.17) is 9.84 Å². The normalized spacial score (nSPS) is 20.5. The molecule has 1 aliphatic rings. The first-order chi connectivity index (χ1) is 13.4. The fourth-order valence-corrected chi connectivity index (χ4v) is 3.59. The van der Waals surface area contributed by atoms with Gasteiger partial charge in [0.2, 0.25) is 11.8 Å². The van der Waals surface area contributed by atoms with E-state index in [0.29, 0.717) is 25.1 Å². The smallest absolute Gasteiger partial charge is 0.308 e. The fraction of sp³-hybridized carbons (Fsp3) is 0.571. The number of unbranched alkanes of at least 4 members (excludes halogenated alkanes) is 1. The third kappa shape index (κ3) is 5.03. The summed E-state index contributed by atoms with van der Waals surface area (Å²) in [5, 5.41) is 11.8. The van der Waals surface area contributed by atoms with E-state index in [0.717, 1.165) is 18.4 Å². The first kappa shape index (κ1) is 21.7. The largest absolute Gasteiger partial charge is 0.496 e. The molecular formula is C21H30N2O5. The number of carbonyl (C=O) groups excluding carboxylic acids is 2. The minimum Gasteiger partial charge on any atom is -0.496 e. The summed E-state index contributed by atoms with van der Waals surface area (Å²) in [5.74, 6) is -1.63. The van der Waals surface area contributed by atoms with Gasteiger partial charge in [-0.1, -0.05) is 38.5 Å². The number of nitrogens with one attached hydrogen (secondary N) is 1. The predicted molar refractivity (Wildman–Crippen MR) is 105 cm³/mol. The molecule has 0 aliphatic carbocycles. The number of methoxy groups -OCH3 is 1. The average molecular weight is 390 g/mol. The number of piperidine rings is 1. The lowest BCUT2D eigenvalue weighted by Gasteiger charge is -2.41. The lowest BCUT2D eigenvalue weighted by molar-refractivity contribution is -0.143. The van der Waals surface area contributed by atoms with Crippen molar-refractivity contribution in [1.82, 2.24) is 10.2 Å². The zero-order valence-electron chi connectivity index (χ0n) is 16.8. The minimum absolute atomic E-state index is 0.0345. The highest BCUT2D eigenvalue weighted by molar-refractivity contribution is 5.85. The predicted octanol–water partition coefficient (Wildman–Crippen LogP) is 2.61. The topological polar surface area (TPSA) is 95.9 Å². The summed E-state index contributed by atoms with van der Waals surface area (Å²) < 4.78 is 5.50. The van der Waals surface area contributed by atoms with Crippen LogP contribution in [0.4, 0.5) is 0 Å². The molecule has 1 aromatic rings. The summed E-state index contributed by atoms with van der Waals surface area (Å²) in [6.45, 7) is 4.25. The van der Waals surface area contributed by atoms with Gasteiger partial charge in [0.1, 0.15) is 5.75 Å². The molecule has 0 saturated carbocycles. The highest BCUT2D eigenvalue weighted by Crippen LogP contribution is 2.40. The van der Waals surface area contributed by atoms with E-state index in [1.165, 1.54) is 0 Å². The number of benzene rings is 1. The maximum absolute atomic E-state index is 13.0. The van der Waals surface area contributed by atoms with Gasteiger partial charge >= 0.3 is 5.97 Å². The number of aliphatic carboxylic acids is 1. The van der Waals surface area contributed by atoms with E-state index in [-0.39, 0.29) is 18.4 Å². The van der Waals surface area contributed by atoms with Crippen molar-refractivity contribution in [2.75, 3.05) is 20.2 Å². The molecule has 1 saturated heterocycles. The van der Waals surface area contributed by atoms with Crippen molar-refractivity contribution >= 4 is 17.8 Å². The molecule has 7 heteroatoms. The molecule has 154 valence electrons. The molecule has 1 fully saturated rings.